The second-order valence-electron chi connectivity index (χ2n) is 0.191. The lowest BCUT2D eigenvalue weighted by atomic mass is 12.8. The molecule has 0 saturated carbocycles. The van der Waals surface area contributed by atoms with E-state index in [2.05, 4.69) is 0 Å². The van der Waals surface area contributed by atoms with E-state index in [-0.39, 0.29) is 0 Å². The highest BCUT2D eigenvalue weighted by molar-refractivity contribution is 3.87. The van der Waals surface area contributed by atoms with Crippen LogP contribution in [0.1, 0.15) is 0 Å². The number of nitrogens with one attached hydrogen (secondary N) is 1. The SMILES string of the molecule is O=[N+]NO. The maximum absolute atomic E-state index is 8.56. The zero-order valence-corrected chi connectivity index (χ0v) is 1.80. The van der Waals surface area contributed by atoms with Crippen molar-refractivity contribution in [3.05, 3.63) is 4.91 Å². The van der Waals surface area contributed by atoms with Crippen LogP contribution in [-0.2, 0) is 0 Å². The van der Waals surface area contributed by atoms with Crippen LogP contribution in [0.2, 0.25) is 0 Å². The number of hydrogen-bond donors (Lipinski definition) is 2. The Hall–Kier alpha value is -0.640. The fourth-order valence-corrected chi connectivity index (χ4v) is 0. The molecule has 23 valence electrons. The van der Waals surface area contributed by atoms with Crippen molar-refractivity contribution >= 4 is 0 Å². The molecular formula is H2N2O2+. The van der Waals surface area contributed by atoms with Gasteiger partial charge in [0.25, 0.3) is 0 Å². The van der Waals surface area contributed by atoms with Crippen LogP contribution in [0.5, 0.6) is 0 Å². The van der Waals surface area contributed by atoms with Gasteiger partial charge in [-0.1, -0.05) is 0 Å². The minimum atomic E-state index is 1.00. The first-order valence-corrected chi connectivity index (χ1v) is 0.630. The summed E-state index contributed by atoms with van der Waals surface area (Å²) in [6.45, 7) is 0. The van der Waals surface area contributed by atoms with E-state index in [1.807, 2.05) is 0 Å². The molecule has 4 nitrogen and oxygen atoms in total. The summed E-state index contributed by atoms with van der Waals surface area (Å²) in [5.41, 5.74) is 1.00. The molecule has 4 heteroatoms. The Labute approximate surface area is 22.3 Å². The van der Waals surface area contributed by atoms with Gasteiger partial charge in [-0.15, -0.1) is 0 Å². The van der Waals surface area contributed by atoms with Crippen molar-refractivity contribution in [1.29, 1.82) is 0 Å². The zero-order valence-electron chi connectivity index (χ0n) is 1.80. The standard InChI is InChI=1S/H2N2O2/c3-1-2-4/h3H,(H,1,4)/q+1. The fourth-order valence-electron chi connectivity index (χ4n) is 0. The molecule has 0 aliphatic carbocycles. The summed E-state index contributed by atoms with van der Waals surface area (Å²) in [5.74, 6) is 0. The molecule has 0 aromatic carbocycles. The highest BCUT2D eigenvalue weighted by atomic mass is 16.5. The van der Waals surface area contributed by atoms with Crippen LogP contribution in [0.15, 0.2) is 0 Å². The average molecular weight is 62.0 g/mol. The van der Waals surface area contributed by atoms with Gasteiger partial charge in [0.2, 0.25) is 0 Å². The molecule has 1 radical (unpaired) electrons. The first kappa shape index (κ1) is 3.36. The van der Waals surface area contributed by atoms with Crippen molar-refractivity contribution in [3.63, 3.8) is 0 Å². The van der Waals surface area contributed by atoms with E-state index < -0.39 is 0 Å². The first-order chi connectivity index (χ1) is 1.91. The van der Waals surface area contributed by atoms with Gasteiger partial charge in [0.1, 0.15) is 4.91 Å². The van der Waals surface area contributed by atoms with Gasteiger partial charge in [-0.05, 0) is 0 Å². The minimum absolute atomic E-state index is 1.00. The average Bonchev–Trinajstić information content (AvgIpc) is 1.37. The van der Waals surface area contributed by atoms with Crippen molar-refractivity contribution in [2.24, 2.45) is 0 Å². The molecule has 4 heavy (non-hydrogen) atoms. The third-order valence-corrected chi connectivity index (χ3v) is 0.0408. The van der Waals surface area contributed by atoms with E-state index >= 15 is 0 Å². The van der Waals surface area contributed by atoms with Crippen LogP contribution in [0.25, 0.3) is 0 Å². The lowest BCUT2D eigenvalue weighted by molar-refractivity contribution is 0.148. The van der Waals surface area contributed by atoms with Crippen LogP contribution < -0.4 is 10.9 Å². The van der Waals surface area contributed by atoms with E-state index in [4.69, 9.17) is 10.1 Å². The molecule has 0 aliphatic rings. The van der Waals surface area contributed by atoms with Crippen LogP contribution in [0.3, 0.4) is 0 Å². The predicted octanol–water partition coefficient (Wildman–Crippen LogP) is -1.02. The van der Waals surface area contributed by atoms with Crippen molar-refractivity contribution in [2.75, 3.05) is 0 Å². The van der Waals surface area contributed by atoms with Crippen molar-refractivity contribution in [2.45, 2.75) is 0 Å². The Kier molecular flexibility index (Phi) is 1.98. The van der Waals surface area contributed by atoms with Gasteiger partial charge < -0.3 is 0 Å². The van der Waals surface area contributed by atoms with Crippen LogP contribution in [-0.4, -0.2) is 5.21 Å². The molecule has 0 unspecified atom stereocenters. The summed E-state index contributed by atoms with van der Waals surface area (Å²) < 4.78 is 0. The van der Waals surface area contributed by atoms with Gasteiger partial charge in [0.15, 0.2) is 0 Å². The van der Waals surface area contributed by atoms with Gasteiger partial charge in [0.05, 0.1) is 5.59 Å². The molecule has 0 rings (SSSR count). The molecule has 0 aromatic rings. The van der Waals surface area contributed by atoms with E-state index in [1.54, 1.807) is 5.29 Å². The molecule has 0 saturated heterocycles. The van der Waals surface area contributed by atoms with E-state index in [0.717, 1.165) is 5.59 Å². The van der Waals surface area contributed by atoms with Gasteiger partial charge in [-0.25, -0.2) is 5.21 Å². The zero-order chi connectivity index (χ0) is 3.41. The summed E-state index contributed by atoms with van der Waals surface area (Å²) in [4.78, 5) is 8.56. The lowest BCUT2D eigenvalue weighted by Crippen LogP contribution is -2.04. The molecule has 2 N–H and O–H groups in total. The molecule has 0 spiro atoms. The molecule has 0 fully saturated rings. The summed E-state index contributed by atoms with van der Waals surface area (Å²) in [7, 11) is 0. The number of rotatable bonds is 1. The van der Waals surface area contributed by atoms with Crippen molar-refractivity contribution in [3.8, 4) is 0 Å². The summed E-state index contributed by atoms with van der Waals surface area (Å²) >= 11 is 0. The topological polar surface area (TPSA) is 63.4 Å². The molecule has 0 bridgehead atoms. The van der Waals surface area contributed by atoms with Crippen LogP contribution in [0, 0.1) is 4.91 Å². The molecule has 0 amide bonds. The molecule has 0 atom stereocenters. The van der Waals surface area contributed by atoms with Crippen LogP contribution >= 0.6 is 0 Å². The predicted molar refractivity (Wildman–Crippen MR) is 10.4 cm³/mol. The van der Waals surface area contributed by atoms with Crippen LogP contribution in [0.4, 0.5) is 0 Å². The number of nitroso groups, excluding NO2 is 1. The minimum Gasteiger partial charge on any atom is -0.234 e. The normalized spacial score (nSPS) is 5.25. The second-order valence-corrected chi connectivity index (χ2v) is 0.191. The third kappa shape index (κ3) is 1.36. The van der Waals surface area contributed by atoms with E-state index in [0.29, 0.717) is 0 Å². The highest BCUT2D eigenvalue weighted by Crippen LogP contribution is 1.03. The molecule has 0 aliphatic heterocycles. The summed E-state index contributed by atoms with van der Waals surface area (Å²) in [6, 6.07) is 0. The highest BCUT2D eigenvalue weighted by Gasteiger charge is 1.71. The Morgan fingerprint density at radius 3 is 2.25 bits per heavy atom. The third-order valence-electron chi connectivity index (χ3n) is 0.0408. The summed E-state index contributed by atoms with van der Waals surface area (Å²) in [6.07, 6.45) is 0. The Morgan fingerprint density at radius 1 is 2.00 bits per heavy atom. The first-order valence-electron chi connectivity index (χ1n) is 0.630. The fraction of sp³-hybridized carbons (Fsp3) is 0. The van der Waals surface area contributed by atoms with E-state index in [1.165, 1.54) is 0 Å². The maximum atomic E-state index is 8.56. The smallest absolute Gasteiger partial charge is 0.234 e. The molecule has 0 aromatic heterocycles. The van der Waals surface area contributed by atoms with Gasteiger partial charge in [-0.2, -0.15) is 0 Å². The largest absolute Gasteiger partial charge is 0.506 e. The van der Waals surface area contributed by atoms with Crippen molar-refractivity contribution < 1.29 is 5.21 Å². The molecule has 0 heterocycles. The quantitative estimate of drug-likeness (QED) is 0.382. The number of nitrogens with zero attached hydrogens (tertiary/aromatic N) is 1. The molecular weight excluding hydrogens is 60.0 g/mol. The lowest BCUT2D eigenvalue weighted by Gasteiger charge is -1.42. The monoisotopic (exact) mass is 62.0 g/mol. The Morgan fingerprint density at radius 2 is 2.25 bits per heavy atom. The Bertz CT molecular complexity index is 18.0. The van der Waals surface area contributed by atoms with Crippen molar-refractivity contribution in [1.82, 2.24) is 10.9 Å². The Balaban J connectivity index is 2.30. The van der Waals surface area contributed by atoms with Gasteiger partial charge >= 0.3 is 5.29 Å². The van der Waals surface area contributed by atoms with Gasteiger partial charge in [0, 0.05) is 0 Å². The summed E-state index contributed by atoms with van der Waals surface area (Å²) in [5, 5.41) is 8.94. The maximum Gasteiger partial charge on any atom is 0.506 e. The van der Waals surface area contributed by atoms with Gasteiger partial charge in [-0.3, -0.25) is 0 Å². The second kappa shape index (κ2) is 2.36. The number of hydrogen-bond acceptors (Lipinski definition) is 3. The van der Waals surface area contributed by atoms with E-state index in [9.17, 15) is 0 Å².